The molecule has 2 aromatic carbocycles. The van der Waals surface area contributed by atoms with Crippen LogP contribution in [0, 0.1) is 5.92 Å². The van der Waals surface area contributed by atoms with Gasteiger partial charge in [0.15, 0.2) is 0 Å². The number of hydrogen-bond donors (Lipinski definition) is 0. The molecule has 0 spiro atoms. The molecule has 0 aromatic heterocycles. The van der Waals surface area contributed by atoms with Gasteiger partial charge in [0, 0.05) is 28.1 Å². The van der Waals surface area contributed by atoms with Crippen molar-refractivity contribution >= 4 is 39.1 Å². The smallest absolute Gasteiger partial charge is 0.229 e. The van der Waals surface area contributed by atoms with Crippen LogP contribution >= 0.6 is 27.5 Å². The van der Waals surface area contributed by atoms with Gasteiger partial charge >= 0.3 is 0 Å². The first-order valence-corrected chi connectivity index (χ1v) is 7.92. The predicted molar refractivity (Wildman–Crippen MR) is 91.9 cm³/mol. The average molecular weight is 367 g/mol. The first kappa shape index (κ1) is 16.1. The Kier molecular flexibility index (Phi) is 5.43. The zero-order chi connectivity index (χ0) is 15.4. The Bertz CT molecular complexity index is 627. The van der Waals surface area contributed by atoms with E-state index in [4.69, 9.17) is 11.6 Å². The Hall–Kier alpha value is -1.32. The summed E-state index contributed by atoms with van der Waals surface area (Å²) in [5, 5.41) is 0.668. The molecule has 0 aliphatic rings. The van der Waals surface area contributed by atoms with E-state index in [9.17, 15) is 4.79 Å². The van der Waals surface area contributed by atoms with E-state index in [1.165, 1.54) is 0 Å². The first-order valence-electron chi connectivity index (χ1n) is 6.75. The van der Waals surface area contributed by atoms with Gasteiger partial charge in [-0.15, -0.1) is 0 Å². The maximum absolute atomic E-state index is 12.5. The minimum atomic E-state index is -0.0834. The van der Waals surface area contributed by atoms with Crippen molar-refractivity contribution in [3.63, 3.8) is 0 Å². The van der Waals surface area contributed by atoms with Crippen molar-refractivity contribution in [2.75, 3.05) is 11.9 Å². The molecule has 110 valence electrons. The quantitative estimate of drug-likeness (QED) is 0.750. The molecule has 1 atom stereocenters. The van der Waals surface area contributed by atoms with Gasteiger partial charge in [0.05, 0.1) is 0 Å². The van der Waals surface area contributed by atoms with Gasteiger partial charge in [0.1, 0.15) is 0 Å². The lowest BCUT2D eigenvalue weighted by Gasteiger charge is -2.21. The lowest BCUT2D eigenvalue weighted by molar-refractivity contribution is -0.121. The highest BCUT2D eigenvalue weighted by Gasteiger charge is 2.19. The molecule has 0 saturated carbocycles. The molecule has 21 heavy (non-hydrogen) atoms. The molecule has 0 fully saturated rings. The summed E-state index contributed by atoms with van der Waals surface area (Å²) in [6.45, 7) is 1.95. The highest BCUT2D eigenvalue weighted by Crippen LogP contribution is 2.21. The van der Waals surface area contributed by atoms with Crippen LogP contribution in [0.2, 0.25) is 5.02 Å². The number of halogens is 2. The summed E-state index contributed by atoms with van der Waals surface area (Å²) in [7, 11) is 1.79. The molecule has 0 N–H and O–H groups in total. The average Bonchev–Trinajstić information content (AvgIpc) is 2.46. The van der Waals surface area contributed by atoms with Crippen LogP contribution < -0.4 is 4.90 Å². The molecular formula is C17H17BrClNO. The van der Waals surface area contributed by atoms with Gasteiger partial charge in [0.25, 0.3) is 0 Å². The van der Waals surface area contributed by atoms with Crippen molar-refractivity contribution < 1.29 is 4.79 Å². The van der Waals surface area contributed by atoms with Crippen LogP contribution in [-0.2, 0) is 11.2 Å². The van der Waals surface area contributed by atoms with E-state index >= 15 is 0 Å². The van der Waals surface area contributed by atoms with E-state index in [0.29, 0.717) is 5.02 Å². The molecule has 2 rings (SSSR count). The largest absolute Gasteiger partial charge is 0.315 e. The zero-order valence-corrected chi connectivity index (χ0v) is 14.4. The van der Waals surface area contributed by atoms with Crippen LogP contribution in [0.3, 0.4) is 0 Å². The summed E-state index contributed by atoms with van der Waals surface area (Å²) in [6, 6.07) is 15.3. The Morgan fingerprint density at radius 3 is 2.52 bits per heavy atom. The number of hydrogen-bond acceptors (Lipinski definition) is 1. The van der Waals surface area contributed by atoms with Crippen molar-refractivity contribution in [3.8, 4) is 0 Å². The second kappa shape index (κ2) is 7.10. The van der Waals surface area contributed by atoms with Gasteiger partial charge in [-0.25, -0.2) is 0 Å². The van der Waals surface area contributed by atoms with E-state index in [1.807, 2.05) is 43.3 Å². The van der Waals surface area contributed by atoms with E-state index in [0.717, 1.165) is 22.1 Å². The van der Waals surface area contributed by atoms with Crippen LogP contribution in [0.1, 0.15) is 12.5 Å². The molecule has 1 amide bonds. The fourth-order valence-electron chi connectivity index (χ4n) is 2.23. The zero-order valence-electron chi connectivity index (χ0n) is 12.0. The number of benzene rings is 2. The van der Waals surface area contributed by atoms with Crippen LogP contribution in [0.5, 0.6) is 0 Å². The highest BCUT2D eigenvalue weighted by atomic mass is 79.9. The Morgan fingerprint density at radius 1 is 1.24 bits per heavy atom. The Labute approximate surface area is 138 Å². The van der Waals surface area contributed by atoms with Crippen LogP contribution in [0.15, 0.2) is 53.0 Å². The van der Waals surface area contributed by atoms with Crippen LogP contribution in [0.25, 0.3) is 0 Å². The van der Waals surface area contributed by atoms with E-state index in [2.05, 4.69) is 15.9 Å². The summed E-state index contributed by atoms with van der Waals surface area (Å²) >= 11 is 9.33. The molecule has 0 bridgehead atoms. The molecule has 0 saturated heterocycles. The van der Waals surface area contributed by atoms with Gasteiger partial charge < -0.3 is 4.90 Å². The molecule has 0 heterocycles. The molecular weight excluding hydrogens is 350 g/mol. The van der Waals surface area contributed by atoms with Crippen LogP contribution in [0.4, 0.5) is 5.69 Å². The van der Waals surface area contributed by atoms with E-state index < -0.39 is 0 Å². The first-order chi connectivity index (χ1) is 9.97. The monoisotopic (exact) mass is 365 g/mol. The second-order valence-corrected chi connectivity index (χ2v) is 6.46. The molecule has 2 aromatic rings. The van der Waals surface area contributed by atoms with Crippen molar-refractivity contribution in [3.05, 3.63) is 63.6 Å². The van der Waals surface area contributed by atoms with E-state index in [-0.39, 0.29) is 11.8 Å². The molecule has 4 heteroatoms. The summed E-state index contributed by atoms with van der Waals surface area (Å²) in [6.07, 6.45) is 0.718. The molecule has 0 aliphatic carbocycles. The van der Waals surface area contributed by atoms with Gasteiger partial charge in [-0.1, -0.05) is 46.6 Å². The number of rotatable bonds is 4. The lowest BCUT2D eigenvalue weighted by Crippen LogP contribution is -2.32. The number of carbonyl (C=O) groups excluding carboxylic acids is 1. The third kappa shape index (κ3) is 4.32. The molecule has 2 nitrogen and oxygen atoms in total. The van der Waals surface area contributed by atoms with Crippen molar-refractivity contribution in [1.82, 2.24) is 0 Å². The SMILES string of the molecule is C[C@@H](Cc1cccc(Br)c1)C(=O)N(C)c1ccc(Cl)cc1. The number of nitrogens with zero attached hydrogens (tertiary/aromatic N) is 1. The third-order valence-electron chi connectivity index (χ3n) is 3.40. The summed E-state index contributed by atoms with van der Waals surface area (Å²) in [5.41, 5.74) is 2.00. The number of anilines is 1. The normalized spacial score (nSPS) is 12.0. The minimum absolute atomic E-state index is 0.0834. The predicted octanol–water partition coefficient (Wildman–Crippen LogP) is 4.94. The Balaban J connectivity index is 2.06. The fourth-order valence-corrected chi connectivity index (χ4v) is 2.80. The maximum Gasteiger partial charge on any atom is 0.229 e. The summed E-state index contributed by atoms with van der Waals surface area (Å²) < 4.78 is 1.03. The van der Waals surface area contributed by atoms with Gasteiger partial charge in [-0.2, -0.15) is 0 Å². The molecule has 0 aliphatic heterocycles. The second-order valence-electron chi connectivity index (χ2n) is 5.11. The van der Waals surface area contributed by atoms with E-state index in [1.54, 1.807) is 24.1 Å². The maximum atomic E-state index is 12.5. The standard InChI is InChI=1S/C17H17BrClNO/c1-12(10-13-4-3-5-14(18)11-13)17(21)20(2)16-8-6-15(19)7-9-16/h3-9,11-12H,10H2,1-2H3/t12-/m0/s1. The van der Waals surface area contributed by atoms with Gasteiger partial charge in [-0.3, -0.25) is 4.79 Å². The summed E-state index contributed by atoms with van der Waals surface area (Å²) in [4.78, 5) is 14.2. The number of carbonyl (C=O) groups is 1. The summed E-state index contributed by atoms with van der Waals surface area (Å²) in [5.74, 6) is 0.0114. The number of amides is 1. The van der Waals surface area contributed by atoms with Crippen molar-refractivity contribution in [2.24, 2.45) is 5.92 Å². The van der Waals surface area contributed by atoms with Gasteiger partial charge in [0.2, 0.25) is 5.91 Å². The van der Waals surface area contributed by atoms with Crippen molar-refractivity contribution in [1.29, 1.82) is 0 Å². The molecule has 0 radical (unpaired) electrons. The van der Waals surface area contributed by atoms with Crippen molar-refractivity contribution in [2.45, 2.75) is 13.3 Å². The van der Waals surface area contributed by atoms with Gasteiger partial charge in [-0.05, 0) is 48.4 Å². The Morgan fingerprint density at radius 2 is 1.90 bits per heavy atom. The highest BCUT2D eigenvalue weighted by molar-refractivity contribution is 9.10. The topological polar surface area (TPSA) is 20.3 Å². The van der Waals surface area contributed by atoms with Crippen LogP contribution in [-0.4, -0.2) is 13.0 Å². The molecule has 0 unspecified atom stereocenters. The lowest BCUT2D eigenvalue weighted by atomic mass is 10.00. The fraction of sp³-hybridized carbons (Fsp3) is 0.235. The third-order valence-corrected chi connectivity index (χ3v) is 4.14. The minimum Gasteiger partial charge on any atom is -0.315 e.